The molecular weight excluding hydrogens is 266 g/mol. The Bertz CT molecular complexity index is 430. The summed E-state index contributed by atoms with van der Waals surface area (Å²) in [5.41, 5.74) is 5.52. The molecule has 2 atom stereocenters. The highest BCUT2D eigenvalue weighted by atomic mass is 32.2. The van der Waals surface area contributed by atoms with E-state index in [0.717, 1.165) is 0 Å². The summed E-state index contributed by atoms with van der Waals surface area (Å²) in [7, 11) is 0. The SMILES string of the molecule is N[C@](Sc1ccccn1)(C(=O)O)C(S)[N+](=O)[O-]. The van der Waals surface area contributed by atoms with Crippen LogP contribution in [-0.2, 0) is 4.79 Å². The lowest BCUT2D eigenvalue weighted by atomic mass is 10.3. The van der Waals surface area contributed by atoms with E-state index in [-0.39, 0.29) is 5.03 Å². The van der Waals surface area contributed by atoms with Gasteiger partial charge < -0.3 is 10.8 Å². The van der Waals surface area contributed by atoms with Crippen LogP contribution in [0.2, 0.25) is 0 Å². The molecule has 1 unspecified atom stereocenters. The van der Waals surface area contributed by atoms with E-state index < -0.39 is 21.1 Å². The van der Waals surface area contributed by atoms with Gasteiger partial charge in [0.15, 0.2) is 0 Å². The molecule has 0 spiro atoms. The lowest BCUT2D eigenvalue weighted by Gasteiger charge is -2.23. The number of nitrogens with zero attached hydrogens (tertiary/aromatic N) is 2. The highest BCUT2D eigenvalue weighted by Crippen LogP contribution is 2.33. The number of thiol groups is 1. The molecule has 0 aliphatic carbocycles. The number of nitro groups is 1. The number of rotatable bonds is 5. The van der Waals surface area contributed by atoms with Crippen LogP contribution in [0.3, 0.4) is 0 Å². The van der Waals surface area contributed by atoms with Crippen LogP contribution in [0, 0.1) is 10.1 Å². The van der Waals surface area contributed by atoms with Gasteiger partial charge in [0.05, 0.1) is 5.03 Å². The molecular formula is C8H9N3O4S2. The number of carboxylic acid groups (broad SMARTS) is 1. The number of aliphatic carboxylic acids is 1. The topological polar surface area (TPSA) is 119 Å². The molecule has 17 heavy (non-hydrogen) atoms. The third kappa shape index (κ3) is 3.08. The maximum atomic E-state index is 11.0. The number of hydrogen-bond donors (Lipinski definition) is 3. The average molecular weight is 275 g/mol. The van der Waals surface area contributed by atoms with Crippen LogP contribution in [0.25, 0.3) is 0 Å². The summed E-state index contributed by atoms with van der Waals surface area (Å²) in [4.78, 5) is 22.5. The van der Waals surface area contributed by atoms with Crippen LogP contribution in [-0.4, -0.2) is 31.2 Å². The molecule has 0 aliphatic heterocycles. The summed E-state index contributed by atoms with van der Waals surface area (Å²) in [6.07, 6.45) is 1.43. The second-order valence-corrected chi connectivity index (χ2v) is 4.81. The van der Waals surface area contributed by atoms with E-state index in [1.165, 1.54) is 12.3 Å². The highest BCUT2D eigenvalue weighted by Gasteiger charge is 2.50. The van der Waals surface area contributed by atoms with Gasteiger partial charge in [-0.25, -0.2) is 9.78 Å². The lowest BCUT2D eigenvalue weighted by molar-refractivity contribution is -0.497. The van der Waals surface area contributed by atoms with E-state index in [2.05, 4.69) is 17.6 Å². The van der Waals surface area contributed by atoms with Crippen molar-refractivity contribution in [3.63, 3.8) is 0 Å². The molecule has 1 aromatic rings. The summed E-state index contributed by atoms with van der Waals surface area (Å²) >= 11 is 4.21. The third-order valence-corrected chi connectivity index (χ3v) is 3.79. The average Bonchev–Trinajstić information content (AvgIpc) is 2.28. The fourth-order valence-corrected chi connectivity index (χ4v) is 2.10. The molecule has 1 rings (SSSR count). The van der Waals surface area contributed by atoms with Crippen molar-refractivity contribution in [3.05, 3.63) is 34.5 Å². The number of aromatic nitrogens is 1. The minimum atomic E-state index is -2.18. The zero-order valence-corrected chi connectivity index (χ0v) is 10.1. The van der Waals surface area contributed by atoms with E-state index in [0.29, 0.717) is 11.8 Å². The van der Waals surface area contributed by atoms with Crippen LogP contribution < -0.4 is 5.73 Å². The maximum Gasteiger partial charge on any atom is 0.343 e. The number of nitrogens with two attached hydrogens (primary N) is 1. The van der Waals surface area contributed by atoms with Gasteiger partial charge in [-0.3, -0.25) is 10.1 Å². The van der Waals surface area contributed by atoms with Crippen molar-refractivity contribution in [3.8, 4) is 0 Å². The third-order valence-electron chi connectivity index (χ3n) is 1.83. The van der Waals surface area contributed by atoms with Gasteiger partial charge in [-0.2, -0.15) is 0 Å². The predicted molar refractivity (Wildman–Crippen MR) is 64.4 cm³/mol. The Balaban J connectivity index is 3.02. The minimum absolute atomic E-state index is 0.276. The molecule has 0 fully saturated rings. The first-order chi connectivity index (χ1) is 7.88. The Kier molecular flexibility index (Phi) is 4.32. The highest BCUT2D eigenvalue weighted by molar-refractivity contribution is 8.02. The van der Waals surface area contributed by atoms with Crippen molar-refractivity contribution >= 4 is 30.4 Å². The van der Waals surface area contributed by atoms with Gasteiger partial charge in [-0.15, -0.1) is 0 Å². The summed E-state index contributed by atoms with van der Waals surface area (Å²) in [5, 5.41) is 18.1. The Morgan fingerprint density at radius 3 is 2.76 bits per heavy atom. The molecule has 9 heteroatoms. The second-order valence-electron chi connectivity index (χ2n) is 3.03. The predicted octanol–water partition coefficient (Wildman–Crippen LogP) is 0.446. The van der Waals surface area contributed by atoms with E-state index in [4.69, 9.17) is 10.8 Å². The Morgan fingerprint density at radius 2 is 2.35 bits per heavy atom. The van der Waals surface area contributed by atoms with Crippen LogP contribution >= 0.6 is 24.4 Å². The molecule has 0 saturated carbocycles. The molecule has 3 N–H and O–H groups in total. The number of carbonyl (C=O) groups is 1. The van der Waals surface area contributed by atoms with Crippen molar-refractivity contribution in [2.45, 2.75) is 15.3 Å². The fraction of sp³-hybridized carbons (Fsp3) is 0.250. The Hall–Kier alpha value is -1.32. The number of pyridine rings is 1. The van der Waals surface area contributed by atoms with Crippen LogP contribution in [0.4, 0.5) is 0 Å². The van der Waals surface area contributed by atoms with Crippen LogP contribution in [0.5, 0.6) is 0 Å². The zero-order valence-electron chi connectivity index (χ0n) is 8.39. The van der Waals surface area contributed by atoms with Gasteiger partial charge in [0.1, 0.15) is 0 Å². The molecule has 0 aromatic carbocycles. The van der Waals surface area contributed by atoms with Gasteiger partial charge >= 0.3 is 5.97 Å². The van der Waals surface area contributed by atoms with Crippen LogP contribution in [0.15, 0.2) is 29.4 Å². The molecule has 0 radical (unpaired) electrons. The Labute approximate surface area is 106 Å². The molecule has 0 aliphatic rings. The first kappa shape index (κ1) is 13.7. The zero-order chi connectivity index (χ0) is 13.1. The van der Waals surface area contributed by atoms with E-state index in [9.17, 15) is 14.9 Å². The van der Waals surface area contributed by atoms with Crippen LogP contribution in [0.1, 0.15) is 0 Å². The monoisotopic (exact) mass is 275 g/mol. The minimum Gasteiger partial charge on any atom is -0.479 e. The first-order valence-electron chi connectivity index (χ1n) is 4.32. The van der Waals surface area contributed by atoms with Gasteiger partial charge in [-0.05, 0) is 12.1 Å². The first-order valence-corrected chi connectivity index (χ1v) is 5.65. The van der Waals surface area contributed by atoms with E-state index in [1.807, 2.05) is 0 Å². The molecule has 1 aromatic heterocycles. The standard InChI is InChI=1S/C8H9N3O4S2/c9-8(7(12)13,6(16)11(14)15)17-5-3-1-2-4-10-5/h1-4,6,16H,9H2,(H,12,13)/t6?,8-/m1/s1. The van der Waals surface area contributed by atoms with Crippen molar-refractivity contribution in [1.82, 2.24) is 4.98 Å². The summed E-state index contributed by atoms with van der Waals surface area (Å²) < 4.78 is 0. The number of carboxylic acids is 1. The Morgan fingerprint density at radius 1 is 1.71 bits per heavy atom. The lowest BCUT2D eigenvalue weighted by Crippen LogP contribution is -2.55. The summed E-state index contributed by atoms with van der Waals surface area (Å²) in [6.45, 7) is 0. The molecule has 0 saturated heterocycles. The maximum absolute atomic E-state index is 11.0. The number of hydrogen-bond acceptors (Lipinski definition) is 7. The second kappa shape index (κ2) is 5.34. The normalized spacial score (nSPS) is 15.9. The van der Waals surface area contributed by atoms with Crippen molar-refractivity contribution in [2.75, 3.05) is 0 Å². The van der Waals surface area contributed by atoms with Gasteiger partial charge in [-0.1, -0.05) is 30.5 Å². The van der Waals surface area contributed by atoms with Crippen molar-refractivity contribution < 1.29 is 14.8 Å². The largest absolute Gasteiger partial charge is 0.479 e. The quantitative estimate of drug-likeness (QED) is 0.234. The van der Waals surface area contributed by atoms with Crippen molar-refractivity contribution in [2.24, 2.45) is 5.73 Å². The summed E-state index contributed by atoms with van der Waals surface area (Å²) in [5.74, 6) is -1.52. The van der Waals surface area contributed by atoms with E-state index in [1.54, 1.807) is 12.1 Å². The summed E-state index contributed by atoms with van der Waals surface area (Å²) in [6, 6.07) is 4.77. The molecule has 0 bridgehead atoms. The smallest absolute Gasteiger partial charge is 0.343 e. The fourth-order valence-electron chi connectivity index (χ4n) is 0.944. The molecule has 92 valence electrons. The van der Waals surface area contributed by atoms with Gasteiger partial charge in [0.25, 0.3) is 5.37 Å². The molecule has 0 amide bonds. The van der Waals surface area contributed by atoms with E-state index >= 15 is 0 Å². The van der Waals surface area contributed by atoms with Gasteiger partial charge in [0.2, 0.25) is 4.87 Å². The van der Waals surface area contributed by atoms with Crippen molar-refractivity contribution in [1.29, 1.82) is 0 Å². The molecule has 1 heterocycles. The molecule has 7 nitrogen and oxygen atoms in total. The number of thioether (sulfide) groups is 1. The van der Waals surface area contributed by atoms with Gasteiger partial charge in [0, 0.05) is 11.1 Å².